The van der Waals surface area contributed by atoms with Crippen LogP contribution >= 0.6 is 0 Å². The third kappa shape index (κ3) is 5.00. The van der Waals surface area contributed by atoms with E-state index < -0.39 is 10.2 Å². The molecule has 0 spiro atoms. The fraction of sp³-hybridized carbons (Fsp3) is 0.632. The summed E-state index contributed by atoms with van der Waals surface area (Å²) in [5, 5.41) is 0. The number of hydrogen-bond donors (Lipinski definition) is 0. The molecule has 3 rings (SSSR count). The number of rotatable bonds is 5. The molecule has 1 amide bonds. The number of ether oxygens (including phenoxy) is 1. The van der Waals surface area contributed by atoms with E-state index in [1.165, 1.54) is 4.31 Å². The average molecular weight is 396 g/mol. The van der Waals surface area contributed by atoms with Crippen LogP contribution in [0.3, 0.4) is 0 Å². The molecular formula is C19H29N3O4S. The monoisotopic (exact) mass is 395 g/mol. The van der Waals surface area contributed by atoms with Crippen LogP contribution in [0.15, 0.2) is 24.3 Å². The number of methoxy groups -OCH3 is 1. The van der Waals surface area contributed by atoms with Gasteiger partial charge in [0.15, 0.2) is 0 Å². The minimum Gasteiger partial charge on any atom is -0.497 e. The topological polar surface area (TPSA) is 70.2 Å². The van der Waals surface area contributed by atoms with Gasteiger partial charge in [-0.15, -0.1) is 0 Å². The first-order valence-electron chi connectivity index (χ1n) is 9.66. The van der Waals surface area contributed by atoms with Gasteiger partial charge in [0, 0.05) is 39.3 Å². The Morgan fingerprint density at radius 2 is 1.44 bits per heavy atom. The number of carbonyl (C=O) groups is 1. The zero-order valence-corrected chi connectivity index (χ0v) is 16.8. The van der Waals surface area contributed by atoms with Gasteiger partial charge in [0.2, 0.25) is 5.91 Å². The zero-order valence-electron chi connectivity index (χ0n) is 16.0. The summed E-state index contributed by atoms with van der Waals surface area (Å²) in [6.45, 7) is 2.85. The molecule has 0 bridgehead atoms. The maximum Gasteiger partial charge on any atom is 0.282 e. The summed E-state index contributed by atoms with van der Waals surface area (Å²) in [7, 11) is -1.80. The molecule has 0 N–H and O–H groups in total. The molecular weight excluding hydrogens is 366 g/mol. The standard InChI is InChI=1S/C19H29N3O4S/c1-26-18-8-6-17(7-9-18)16-19(23)20-12-14-22(15-13-20)27(24,25)21-10-4-2-3-5-11-21/h6-9H,2-5,10-16H2,1H3. The Hall–Kier alpha value is -1.64. The largest absolute Gasteiger partial charge is 0.497 e. The molecule has 27 heavy (non-hydrogen) atoms. The van der Waals surface area contributed by atoms with Crippen LogP contribution in [-0.2, 0) is 21.4 Å². The SMILES string of the molecule is COc1ccc(CC(=O)N2CCN(S(=O)(=O)N3CCCCCC3)CC2)cc1. The third-order valence-electron chi connectivity index (χ3n) is 5.32. The molecule has 1 aromatic rings. The predicted molar refractivity (Wildman–Crippen MR) is 104 cm³/mol. The van der Waals surface area contributed by atoms with Gasteiger partial charge in [0.1, 0.15) is 5.75 Å². The first-order valence-corrected chi connectivity index (χ1v) is 11.1. The summed E-state index contributed by atoms with van der Waals surface area (Å²) in [5.41, 5.74) is 0.931. The number of benzene rings is 1. The molecule has 0 unspecified atom stereocenters. The molecule has 0 radical (unpaired) electrons. The molecule has 2 aliphatic rings. The molecule has 2 aliphatic heterocycles. The van der Waals surface area contributed by atoms with Crippen LogP contribution in [0.25, 0.3) is 0 Å². The maximum absolute atomic E-state index is 12.9. The molecule has 0 aliphatic carbocycles. The first kappa shape index (κ1) is 20.1. The fourth-order valence-corrected chi connectivity index (χ4v) is 5.30. The van der Waals surface area contributed by atoms with Crippen molar-refractivity contribution in [2.75, 3.05) is 46.4 Å². The highest BCUT2D eigenvalue weighted by atomic mass is 32.2. The van der Waals surface area contributed by atoms with Crippen molar-refractivity contribution in [2.24, 2.45) is 0 Å². The van der Waals surface area contributed by atoms with Gasteiger partial charge in [-0.2, -0.15) is 17.0 Å². The van der Waals surface area contributed by atoms with Crippen molar-refractivity contribution in [1.82, 2.24) is 13.5 Å². The van der Waals surface area contributed by atoms with Crippen molar-refractivity contribution in [3.05, 3.63) is 29.8 Å². The Bertz CT molecular complexity index is 720. The first-order chi connectivity index (χ1) is 13.0. The summed E-state index contributed by atoms with van der Waals surface area (Å²) in [6.07, 6.45) is 4.38. The molecule has 2 saturated heterocycles. The Balaban J connectivity index is 1.53. The minimum atomic E-state index is -3.41. The van der Waals surface area contributed by atoms with Gasteiger partial charge < -0.3 is 9.64 Å². The Morgan fingerprint density at radius 3 is 2.00 bits per heavy atom. The van der Waals surface area contributed by atoms with Crippen LogP contribution in [0.5, 0.6) is 5.75 Å². The van der Waals surface area contributed by atoms with E-state index in [4.69, 9.17) is 4.74 Å². The van der Waals surface area contributed by atoms with E-state index in [1.54, 1.807) is 16.3 Å². The van der Waals surface area contributed by atoms with Crippen molar-refractivity contribution >= 4 is 16.1 Å². The van der Waals surface area contributed by atoms with Crippen LogP contribution in [0, 0.1) is 0 Å². The molecule has 8 heteroatoms. The quantitative estimate of drug-likeness (QED) is 0.758. The smallest absolute Gasteiger partial charge is 0.282 e. The van der Waals surface area contributed by atoms with Gasteiger partial charge in [-0.3, -0.25) is 4.79 Å². The molecule has 150 valence electrons. The summed E-state index contributed by atoms with van der Waals surface area (Å²) in [5.74, 6) is 0.797. The summed E-state index contributed by atoms with van der Waals surface area (Å²) in [4.78, 5) is 14.3. The zero-order chi connectivity index (χ0) is 19.3. The van der Waals surface area contributed by atoms with E-state index in [0.717, 1.165) is 37.0 Å². The minimum absolute atomic E-state index is 0.0342. The van der Waals surface area contributed by atoms with Gasteiger partial charge >= 0.3 is 0 Å². The fourth-order valence-electron chi connectivity index (χ4n) is 3.63. The third-order valence-corrected chi connectivity index (χ3v) is 7.36. The van der Waals surface area contributed by atoms with Gasteiger partial charge in [-0.1, -0.05) is 25.0 Å². The van der Waals surface area contributed by atoms with E-state index in [2.05, 4.69) is 0 Å². The molecule has 1 aromatic carbocycles. The van der Waals surface area contributed by atoms with E-state index in [1.807, 2.05) is 24.3 Å². The molecule has 2 fully saturated rings. The second kappa shape index (κ2) is 9.03. The normalized spacial score (nSPS) is 20.3. The summed E-state index contributed by atoms with van der Waals surface area (Å²) in [6, 6.07) is 7.45. The molecule has 2 heterocycles. The van der Waals surface area contributed by atoms with Crippen LogP contribution in [0.4, 0.5) is 0 Å². The van der Waals surface area contributed by atoms with Crippen molar-refractivity contribution < 1.29 is 17.9 Å². The Kier molecular flexibility index (Phi) is 6.73. The molecule has 0 saturated carbocycles. The number of amides is 1. The number of piperazine rings is 1. The highest BCUT2D eigenvalue weighted by Crippen LogP contribution is 2.18. The molecule has 7 nitrogen and oxygen atoms in total. The van der Waals surface area contributed by atoms with Crippen molar-refractivity contribution in [3.63, 3.8) is 0 Å². The van der Waals surface area contributed by atoms with Crippen LogP contribution < -0.4 is 4.74 Å². The highest BCUT2D eigenvalue weighted by molar-refractivity contribution is 7.86. The van der Waals surface area contributed by atoms with Crippen LogP contribution in [0.1, 0.15) is 31.2 Å². The van der Waals surface area contributed by atoms with Crippen molar-refractivity contribution in [1.29, 1.82) is 0 Å². The summed E-state index contributed by atoms with van der Waals surface area (Å²) < 4.78 is 34.0. The van der Waals surface area contributed by atoms with Gasteiger partial charge in [-0.05, 0) is 30.5 Å². The second-order valence-corrected chi connectivity index (χ2v) is 9.05. The second-order valence-electron chi connectivity index (χ2n) is 7.13. The highest BCUT2D eigenvalue weighted by Gasteiger charge is 2.33. The lowest BCUT2D eigenvalue weighted by Gasteiger charge is -2.36. The van der Waals surface area contributed by atoms with Gasteiger partial charge in [0.05, 0.1) is 13.5 Å². The lowest BCUT2D eigenvalue weighted by molar-refractivity contribution is -0.131. The van der Waals surface area contributed by atoms with Crippen molar-refractivity contribution in [2.45, 2.75) is 32.1 Å². The van der Waals surface area contributed by atoms with E-state index >= 15 is 0 Å². The number of hydrogen-bond acceptors (Lipinski definition) is 4. The van der Waals surface area contributed by atoms with E-state index in [0.29, 0.717) is 45.7 Å². The molecule has 0 aromatic heterocycles. The molecule has 0 atom stereocenters. The number of nitrogens with zero attached hydrogens (tertiary/aromatic N) is 3. The maximum atomic E-state index is 12.9. The lowest BCUT2D eigenvalue weighted by Crippen LogP contribution is -2.54. The summed E-state index contributed by atoms with van der Waals surface area (Å²) >= 11 is 0. The van der Waals surface area contributed by atoms with Crippen LogP contribution in [-0.4, -0.2) is 74.2 Å². The van der Waals surface area contributed by atoms with E-state index in [9.17, 15) is 13.2 Å². The van der Waals surface area contributed by atoms with Gasteiger partial charge in [-0.25, -0.2) is 0 Å². The lowest BCUT2D eigenvalue weighted by atomic mass is 10.1. The Labute approximate surface area is 162 Å². The van der Waals surface area contributed by atoms with Crippen molar-refractivity contribution in [3.8, 4) is 5.75 Å². The predicted octanol–water partition coefficient (Wildman–Crippen LogP) is 1.50. The Morgan fingerprint density at radius 1 is 0.889 bits per heavy atom. The van der Waals surface area contributed by atoms with Crippen LogP contribution in [0.2, 0.25) is 0 Å². The van der Waals surface area contributed by atoms with E-state index in [-0.39, 0.29) is 5.91 Å². The average Bonchev–Trinajstić information content (AvgIpc) is 2.99. The van der Waals surface area contributed by atoms with Gasteiger partial charge in [0.25, 0.3) is 10.2 Å². The number of carbonyl (C=O) groups excluding carboxylic acids is 1.